The number of carbonyl (C=O) groups excluding carboxylic acids is 1. The summed E-state index contributed by atoms with van der Waals surface area (Å²) in [5.74, 6) is 1.15. The van der Waals surface area contributed by atoms with Gasteiger partial charge in [-0.25, -0.2) is 8.42 Å². The lowest BCUT2D eigenvalue weighted by Crippen LogP contribution is -2.27. The van der Waals surface area contributed by atoms with Gasteiger partial charge in [0.05, 0.1) is 11.4 Å². The van der Waals surface area contributed by atoms with E-state index in [2.05, 4.69) is 5.32 Å². The Morgan fingerprint density at radius 2 is 2.00 bits per heavy atom. The summed E-state index contributed by atoms with van der Waals surface area (Å²) in [6.45, 7) is 3.22. The molecular weight excluding hydrogens is 336 g/mol. The SMILES string of the molecule is Cc1ccc(CNC(=O)c2ccc(S(=O)(=O)N3CCCC3)s2)o1. The van der Waals surface area contributed by atoms with Crippen LogP contribution < -0.4 is 5.32 Å². The van der Waals surface area contributed by atoms with Gasteiger partial charge in [-0.2, -0.15) is 4.31 Å². The van der Waals surface area contributed by atoms with E-state index in [-0.39, 0.29) is 16.7 Å². The first-order valence-electron chi connectivity index (χ1n) is 7.40. The molecule has 2 aromatic heterocycles. The normalized spacial score (nSPS) is 15.9. The monoisotopic (exact) mass is 354 g/mol. The zero-order valence-corrected chi connectivity index (χ0v) is 14.4. The van der Waals surface area contributed by atoms with Gasteiger partial charge in [-0.05, 0) is 44.0 Å². The molecule has 1 N–H and O–H groups in total. The van der Waals surface area contributed by atoms with Gasteiger partial charge in [0, 0.05) is 13.1 Å². The first kappa shape index (κ1) is 16.2. The molecule has 3 heterocycles. The summed E-state index contributed by atoms with van der Waals surface area (Å²) in [5, 5.41) is 2.73. The summed E-state index contributed by atoms with van der Waals surface area (Å²) in [5.41, 5.74) is 0. The maximum Gasteiger partial charge on any atom is 0.261 e. The Morgan fingerprint density at radius 3 is 2.65 bits per heavy atom. The molecule has 124 valence electrons. The molecule has 0 saturated carbocycles. The van der Waals surface area contributed by atoms with Crippen molar-refractivity contribution in [3.63, 3.8) is 0 Å². The van der Waals surface area contributed by atoms with E-state index in [1.165, 1.54) is 10.4 Å². The maximum atomic E-state index is 12.4. The lowest BCUT2D eigenvalue weighted by atomic mass is 10.4. The molecule has 23 heavy (non-hydrogen) atoms. The van der Waals surface area contributed by atoms with Crippen LogP contribution in [0.25, 0.3) is 0 Å². The highest BCUT2D eigenvalue weighted by Crippen LogP contribution is 2.27. The molecule has 1 aliphatic heterocycles. The number of hydrogen-bond acceptors (Lipinski definition) is 5. The van der Waals surface area contributed by atoms with Crippen molar-refractivity contribution in [3.8, 4) is 0 Å². The largest absolute Gasteiger partial charge is 0.465 e. The highest BCUT2D eigenvalue weighted by atomic mass is 32.2. The molecule has 0 bridgehead atoms. The van der Waals surface area contributed by atoms with Crippen molar-refractivity contribution >= 4 is 27.3 Å². The molecule has 2 aromatic rings. The van der Waals surface area contributed by atoms with Gasteiger partial charge in [0.25, 0.3) is 15.9 Å². The summed E-state index contributed by atoms with van der Waals surface area (Å²) in [6, 6.07) is 6.68. The Morgan fingerprint density at radius 1 is 1.26 bits per heavy atom. The van der Waals surface area contributed by atoms with E-state index in [0.717, 1.165) is 29.9 Å². The summed E-state index contributed by atoms with van der Waals surface area (Å²) >= 11 is 1.00. The number of nitrogens with zero attached hydrogens (tertiary/aromatic N) is 1. The molecule has 8 heteroatoms. The minimum absolute atomic E-state index is 0.221. The minimum Gasteiger partial charge on any atom is -0.465 e. The number of nitrogens with one attached hydrogen (secondary N) is 1. The van der Waals surface area contributed by atoms with E-state index < -0.39 is 10.0 Å². The third kappa shape index (κ3) is 3.49. The van der Waals surface area contributed by atoms with E-state index in [0.29, 0.717) is 23.7 Å². The molecule has 0 spiro atoms. The number of hydrogen-bond donors (Lipinski definition) is 1. The Hall–Kier alpha value is -1.64. The lowest BCUT2D eigenvalue weighted by Gasteiger charge is -2.13. The highest BCUT2D eigenvalue weighted by Gasteiger charge is 2.29. The van der Waals surface area contributed by atoms with Crippen LogP contribution in [-0.4, -0.2) is 31.7 Å². The molecule has 0 unspecified atom stereocenters. The second kappa shape index (κ2) is 6.46. The average Bonchev–Trinajstić information content (AvgIpc) is 3.25. The van der Waals surface area contributed by atoms with Crippen LogP contribution in [0.1, 0.15) is 34.0 Å². The zero-order valence-electron chi connectivity index (χ0n) is 12.7. The van der Waals surface area contributed by atoms with Crippen molar-refractivity contribution in [1.29, 1.82) is 0 Å². The molecule has 6 nitrogen and oxygen atoms in total. The first-order chi connectivity index (χ1) is 11.0. The Bertz CT molecular complexity index is 801. The fourth-order valence-corrected chi connectivity index (χ4v) is 5.37. The predicted molar refractivity (Wildman–Crippen MR) is 86.9 cm³/mol. The third-order valence-corrected chi connectivity index (χ3v) is 7.13. The van der Waals surface area contributed by atoms with Crippen LogP contribution in [0.5, 0.6) is 0 Å². The van der Waals surface area contributed by atoms with E-state index in [4.69, 9.17) is 4.42 Å². The van der Waals surface area contributed by atoms with Crippen LogP contribution in [0.15, 0.2) is 32.9 Å². The average molecular weight is 354 g/mol. The van der Waals surface area contributed by atoms with Gasteiger partial charge in [0.2, 0.25) is 0 Å². The number of furan rings is 1. The van der Waals surface area contributed by atoms with Crippen LogP contribution in [0, 0.1) is 6.92 Å². The molecule has 0 atom stereocenters. The molecule has 0 radical (unpaired) electrons. The van der Waals surface area contributed by atoms with Crippen molar-refractivity contribution in [2.75, 3.05) is 13.1 Å². The van der Waals surface area contributed by atoms with Crippen LogP contribution in [0.3, 0.4) is 0 Å². The minimum atomic E-state index is -3.46. The molecule has 3 rings (SSSR count). The van der Waals surface area contributed by atoms with Crippen molar-refractivity contribution in [1.82, 2.24) is 9.62 Å². The summed E-state index contributed by atoms with van der Waals surface area (Å²) in [7, 11) is -3.46. The van der Waals surface area contributed by atoms with Crippen LogP contribution in [0.4, 0.5) is 0 Å². The van der Waals surface area contributed by atoms with Crippen molar-refractivity contribution in [2.45, 2.75) is 30.5 Å². The van der Waals surface area contributed by atoms with Gasteiger partial charge in [-0.3, -0.25) is 4.79 Å². The van der Waals surface area contributed by atoms with Gasteiger partial charge in [-0.15, -0.1) is 11.3 Å². The number of amides is 1. The van der Waals surface area contributed by atoms with E-state index in [1.54, 1.807) is 12.1 Å². The fourth-order valence-electron chi connectivity index (χ4n) is 2.47. The molecule has 0 aromatic carbocycles. The van der Waals surface area contributed by atoms with Gasteiger partial charge in [0.1, 0.15) is 15.7 Å². The van der Waals surface area contributed by atoms with Gasteiger partial charge in [-0.1, -0.05) is 0 Å². The number of sulfonamides is 1. The topological polar surface area (TPSA) is 79.6 Å². The Labute approximate surface area is 139 Å². The highest BCUT2D eigenvalue weighted by molar-refractivity contribution is 7.91. The second-order valence-electron chi connectivity index (χ2n) is 5.42. The standard InChI is InChI=1S/C15H18N2O4S2/c1-11-4-5-12(21-11)10-16-15(18)13-6-7-14(22-13)23(19,20)17-8-2-3-9-17/h4-7H,2-3,8-10H2,1H3,(H,16,18). The number of aryl methyl sites for hydroxylation is 1. The molecule has 1 fully saturated rings. The van der Waals surface area contributed by atoms with Gasteiger partial charge >= 0.3 is 0 Å². The van der Waals surface area contributed by atoms with Crippen LogP contribution >= 0.6 is 11.3 Å². The summed E-state index contributed by atoms with van der Waals surface area (Å²) in [6.07, 6.45) is 1.78. The van der Waals surface area contributed by atoms with Crippen molar-refractivity contribution < 1.29 is 17.6 Å². The Balaban J connectivity index is 1.67. The number of thiophene rings is 1. The van der Waals surface area contributed by atoms with E-state index in [9.17, 15) is 13.2 Å². The number of rotatable bonds is 5. The predicted octanol–water partition coefficient (Wildman–Crippen LogP) is 2.36. The zero-order chi connectivity index (χ0) is 16.4. The van der Waals surface area contributed by atoms with Crippen LogP contribution in [-0.2, 0) is 16.6 Å². The molecule has 1 saturated heterocycles. The van der Waals surface area contributed by atoms with Gasteiger partial charge < -0.3 is 9.73 Å². The van der Waals surface area contributed by atoms with Gasteiger partial charge in [0.15, 0.2) is 0 Å². The molecule has 1 aliphatic rings. The van der Waals surface area contributed by atoms with E-state index in [1.807, 2.05) is 13.0 Å². The Kier molecular flexibility index (Phi) is 4.56. The van der Waals surface area contributed by atoms with Crippen molar-refractivity contribution in [2.24, 2.45) is 0 Å². The lowest BCUT2D eigenvalue weighted by molar-refractivity contribution is 0.0952. The third-order valence-electron chi connectivity index (χ3n) is 3.68. The van der Waals surface area contributed by atoms with Crippen molar-refractivity contribution in [3.05, 3.63) is 40.7 Å². The van der Waals surface area contributed by atoms with Crippen LogP contribution in [0.2, 0.25) is 0 Å². The van der Waals surface area contributed by atoms with E-state index >= 15 is 0 Å². The second-order valence-corrected chi connectivity index (χ2v) is 8.67. The maximum absolute atomic E-state index is 12.4. The number of carbonyl (C=O) groups is 1. The quantitative estimate of drug-likeness (QED) is 0.894. The molecular formula is C15H18N2O4S2. The molecule has 1 amide bonds. The first-order valence-corrected chi connectivity index (χ1v) is 9.66. The summed E-state index contributed by atoms with van der Waals surface area (Å²) in [4.78, 5) is 12.5. The summed E-state index contributed by atoms with van der Waals surface area (Å²) < 4.78 is 32.0. The molecule has 0 aliphatic carbocycles. The smallest absolute Gasteiger partial charge is 0.261 e. The fraction of sp³-hybridized carbons (Fsp3) is 0.400.